The van der Waals surface area contributed by atoms with Crippen molar-refractivity contribution in [2.24, 2.45) is 0 Å². The molecule has 1 aliphatic rings. The van der Waals surface area contributed by atoms with Crippen molar-refractivity contribution >= 4 is 24.8 Å². The van der Waals surface area contributed by atoms with Crippen LogP contribution in [0.1, 0.15) is 24.1 Å². The van der Waals surface area contributed by atoms with E-state index in [1.54, 1.807) is 11.8 Å². The summed E-state index contributed by atoms with van der Waals surface area (Å²) in [6.07, 6.45) is -4.62. The van der Waals surface area contributed by atoms with Crippen LogP contribution in [0.4, 0.5) is 17.6 Å². The van der Waals surface area contributed by atoms with E-state index in [2.05, 4.69) is 5.32 Å². The third kappa shape index (κ3) is 4.38. The molecule has 22 heavy (non-hydrogen) atoms. The molecule has 0 bridgehead atoms. The van der Waals surface area contributed by atoms with Crippen molar-refractivity contribution in [3.05, 3.63) is 29.1 Å². The van der Waals surface area contributed by atoms with Crippen LogP contribution in [0.5, 0.6) is 5.75 Å². The van der Waals surface area contributed by atoms with Crippen molar-refractivity contribution in [1.29, 1.82) is 0 Å². The molecule has 1 aromatic carbocycles. The number of hydrogen-bond donors (Lipinski definition) is 2. The zero-order valence-electron chi connectivity index (χ0n) is 11.8. The standard InChI is InChI=1S/C13H16F4N2O.2ClH/c1-8(19-6-4-18-5-7-19)11-9(13(15,16)17)2-3-10(14)12(11)20;;/h2-3,8,18,20H,4-7H2,1H3;2*1H/t8-;;/m0../s1. The largest absolute Gasteiger partial charge is 0.505 e. The van der Waals surface area contributed by atoms with Gasteiger partial charge in [0.25, 0.3) is 0 Å². The normalized spacial score (nSPS) is 17.3. The van der Waals surface area contributed by atoms with Crippen LogP contribution in [0.2, 0.25) is 0 Å². The molecule has 1 atom stereocenters. The monoisotopic (exact) mass is 364 g/mol. The summed E-state index contributed by atoms with van der Waals surface area (Å²) in [7, 11) is 0. The molecule has 0 saturated carbocycles. The average Bonchev–Trinajstić information content (AvgIpc) is 2.40. The van der Waals surface area contributed by atoms with Crippen LogP contribution in [-0.2, 0) is 6.18 Å². The summed E-state index contributed by atoms with van der Waals surface area (Å²) in [5, 5.41) is 12.8. The molecular weight excluding hydrogens is 347 g/mol. The van der Waals surface area contributed by atoms with Crippen molar-refractivity contribution in [3.8, 4) is 5.75 Å². The number of rotatable bonds is 2. The molecule has 1 fully saturated rings. The fourth-order valence-electron chi connectivity index (χ4n) is 2.50. The van der Waals surface area contributed by atoms with Gasteiger partial charge in [-0.25, -0.2) is 4.39 Å². The quantitative estimate of drug-likeness (QED) is 0.789. The minimum Gasteiger partial charge on any atom is -0.505 e. The number of phenols is 1. The molecule has 128 valence electrons. The lowest BCUT2D eigenvalue weighted by atomic mass is 9.97. The second-order valence-electron chi connectivity index (χ2n) is 4.82. The summed E-state index contributed by atoms with van der Waals surface area (Å²) in [5.74, 6) is -1.94. The van der Waals surface area contributed by atoms with E-state index in [1.807, 2.05) is 0 Å². The zero-order chi connectivity index (χ0) is 14.9. The molecule has 0 aromatic heterocycles. The summed E-state index contributed by atoms with van der Waals surface area (Å²) in [4.78, 5) is 1.79. The highest BCUT2D eigenvalue weighted by molar-refractivity contribution is 5.85. The van der Waals surface area contributed by atoms with Crippen molar-refractivity contribution < 1.29 is 22.7 Å². The Hall–Kier alpha value is -0.760. The first-order valence-corrected chi connectivity index (χ1v) is 6.35. The Morgan fingerprint density at radius 1 is 1.18 bits per heavy atom. The molecule has 0 amide bonds. The minimum absolute atomic E-state index is 0. The Kier molecular flexibility index (Phi) is 7.91. The third-order valence-electron chi connectivity index (χ3n) is 3.59. The van der Waals surface area contributed by atoms with E-state index in [-0.39, 0.29) is 30.4 Å². The summed E-state index contributed by atoms with van der Waals surface area (Å²) >= 11 is 0. The summed E-state index contributed by atoms with van der Waals surface area (Å²) in [6.45, 7) is 3.96. The van der Waals surface area contributed by atoms with Gasteiger partial charge >= 0.3 is 6.18 Å². The SMILES string of the molecule is C[C@@H](c1c(C(F)(F)F)ccc(F)c1O)N1CCNCC1.Cl.Cl. The number of benzene rings is 1. The highest BCUT2D eigenvalue weighted by Crippen LogP contribution is 2.41. The van der Waals surface area contributed by atoms with Gasteiger partial charge in [0.05, 0.1) is 5.56 Å². The molecule has 0 radical (unpaired) electrons. The Balaban J connectivity index is 0.00000220. The number of nitrogens with zero attached hydrogens (tertiary/aromatic N) is 1. The minimum atomic E-state index is -4.62. The van der Waals surface area contributed by atoms with Gasteiger partial charge < -0.3 is 10.4 Å². The van der Waals surface area contributed by atoms with E-state index >= 15 is 0 Å². The number of hydrogen-bond acceptors (Lipinski definition) is 3. The van der Waals surface area contributed by atoms with E-state index < -0.39 is 29.3 Å². The second kappa shape index (κ2) is 8.19. The highest BCUT2D eigenvalue weighted by atomic mass is 35.5. The molecular formula is C13H18Cl2F4N2O. The number of halogens is 6. The van der Waals surface area contributed by atoms with Gasteiger partial charge in [0.15, 0.2) is 11.6 Å². The number of alkyl halides is 3. The predicted octanol–water partition coefficient (Wildman–Crippen LogP) is 3.36. The Morgan fingerprint density at radius 2 is 1.73 bits per heavy atom. The predicted molar refractivity (Wildman–Crippen MR) is 80.4 cm³/mol. The van der Waals surface area contributed by atoms with Crippen LogP contribution >= 0.6 is 24.8 Å². The smallest absolute Gasteiger partial charge is 0.416 e. The number of aromatic hydroxyl groups is 1. The molecule has 1 aromatic rings. The number of nitrogens with one attached hydrogen (secondary N) is 1. The van der Waals surface area contributed by atoms with E-state index in [4.69, 9.17) is 0 Å². The molecule has 2 rings (SSSR count). The van der Waals surface area contributed by atoms with Crippen molar-refractivity contribution in [2.45, 2.75) is 19.1 Å². The molecule has 0 aliphatic carbocycles. The summed E-state index contributed by atoms with van der Waals surface area (Å²) in [6, 6.07) is 0.624. The summed E-state index contributed by atoms with van der Waals surface area (Å²) in [5.41, 5.74) is -1.37. The molecule has 2 N–H and O–H groups in total. The Morgan fingerprint density at radius 3 is 2.23 bits per heavy atom. The van der Waals surface area contributed by atoms with E-state index in [1.165, 1.54) is 0 Å². The lowest BCUT2D eigenvalue weighted by molar-refractivity contribution is -0.139. The molecule has 1 heterocycles. The molecule has 1 aliphatic heterocycles. The van der Waals surface area contributed by atoms with Gasteiger partial charge in [-0.1, -0.05) is 0 Å². The zero-order valence-corrected chi connectivity index (χ0v) is 13.4. The van der Waals surface area contributed by atoms with Crippen LogP contribution in [0.3, 0.4) is 0 Å². The van der Waals surface area contributed by atoms with Crippen LogP contribution < -0.4 is 5.32 Å². The van der Waals surface area contributed by atoms with E-state index in [0.717, 1.165) is 0 Å². The van der Waals surface area contributed by atoms with E-state index in [0.29, 0.717) is 38.3 Å². The lowest BCUT2D eigenvalue weighted by Gasteiger charge is -2.34. The first-order valence-electron chi connectivity index (χ1n) is 6.35. The molecule has 9 heteroatoms. The van der Waals surface area contributed by atoms with Gasteiger partial charge in [0, 0.05) is 37.8 Å². The van der Waals surface area contributed by atoms with Crippen LogP contribution in [0.15, 0.2) is 12.1 Å². The number of phenolic OH excluding ortho intramolecular Hbond substituents is 1. The van der Waals surface area contributed by atoms with Gasteiger partial charge in [-0.15, -0.1) is 24.8 Å². The maximum absolute atomic E-state index is 13.4. The van der Waals surface area contributed by atoms with Crippen LogP contribution in [-0.4, -0.2) is 36.2 Å². The highest BCUT2D eigenvalue weighted by Gasteiger charge is 2.38. The Labute approximate surface area is 138 Å². The number of piperazine rings is 1. The first-order chi connectivity index (χ1) is 9.32. The maximum Gasteiger partial charge on any atom is 0.416 e. The third-order valence-corrected chi connectivity index (χ3v) is 3.59. The van der Waals surface area contributed by atoms with Crippen molar-refractivity contribution in [1.82, 2.24) is 10.2 Å². The van der Waals surface area contributed by atoms with Gasteiger partial charge in [-0.05, 0) is 19.1 Å². The second-order valence-corrected chi connectivity index (χ2v) is 4.82. The van der Waals surface area contributed by atoms with Gasteiger partial charge in [0.1, 0.15) is 0 Å². The lowest BCUT2D eigenvalue weighted by Crippen LogP contribution is -2.44. The molecule has 3 nitrogen and oxygen atoms in total. The molecule has 1 saturated heterocycles. The molecule has 0 spiro atoms. The topological polar surface area (TPSA) is 35.5 Å². The average molecular weight is 365 g/mol. The summed E-state index contributed by atoms with van der Waals surface area (Å²) < 4.78 is 52.5. The fourth-order valence-corrected chi connectivity index (χ4v) is 2.50. The first kappa shape index (κ1) is 21.2. The van der Waals surface area contributed by atoms with Crippen molar-refractivity contribution in [2.75, 3.05) is 26.2 Å². The van der Waals surface area contributed by atoms with Crippen molar-refractivity contribution in [3.63, 3.8) is 0 Å². The van der Waals surface area contributed by atoms with Crippen LogP contribution in [0, 0.1) is 5.82 Å². The van der Waals surface area contributed by atoms with Gasteiger partial charge in [-0.2, -0.15) is 13.2 Å². The fraction of sp³-hybridized carbons (Fsp3) is 0.538. The van der Waals surface area contributed by atoms with Gasteiger partial charge in [0.2, 0.25) is 0 Å². The molecule has 0 unspecified atom stereocenters. The van der Waals surface area contributed by atoms with E-state index in [9.17, 15) is 22.7 Å². The maximum atomic E-state index is 13.4. The van der Waals surface area contributed by atoms with Gasteiger partial charge in [-0.3, -0.25) is 4.90 Å². The Bertz CT molecular complexity index is 494. The van der Waals surface area contributed by atoms with Crippen LogP contribution in [0.25, 0.3) is 0 Å².